The SMILES string of the molecule is CNC(CC(=O)OC)C(O)c1c(C)c(C)cc(C)c1C. The number of benzene rings is 1. The highest BCUT2D eigenvalue weighted by molar-refractivity contribution is 5.70. The van der Waals surface area contributed by atoms with E-state index >= 15 is 0 Å². The molecule has 4 nitrogen and oxygen atoms in total. The highest BCUT2D eigenvalue weighted by Gasteiger charge is 2.26. The van der Waals surface area contributed by atoms with Crippen LogP contribution in [0.25, 0.3) is 0 Å². The molecule has 0 saturated heterocycles. The van der Waals surface area contributed by atoms with Gasteiger partial charge < -0.3 is 15.2 Å². The van der Waals surface area contributed by atoms with Gasteiger partial charge in [-0.3, -0.25) is 4.79 Å². The summed E-state index contributed by atoms with van der Waals surface area (Å²) in [5, 5.41) is 13.7. The van der Waals surface area contributed by atoms with E-state index in [1.165, 1.54) is 7.11 Å². The molecule has 2 atom stereocenters. The van der Waals surface area contributed by atoms with Gasteiger partial charge in [0.05, 0.1) is 19.6 Å². The molecule has 0 saturated carbocycles. The molecule has 0 fully saturated rings. The summed E-state index contributed by atoms with van der Waals surface area (Å²) in [5.74, 6) is -0.330. The first kappa shape index (κ1) is 16.7. The Balaban J connectivity index is 3.18. The normalized spacial score (nSPS) is 13.9. The smallest absolute Gasteiger partial charge is 0.307 e. The molecule has 20 heavy (non-hydrogen) atoms. The number of ether oxygens (including phenoxy) is 1. The van der Waals surface area contributed by atoms with Crippen LogP contribution < -0.4 is 5.32 Å². The Morgan fingerprint density at radius 3 is 2.15 bits per heavy atom. The first-order chi connectivity index (χ1) is 9.33. The molecule has 0 aliphatic heterocycles. The van der Waals surface area contributed by atoms with Gasteiger partial charge in [-0.05, 0) is 62.6 Å². The number of methoxy groups -OCH3 is 1. The van der Waals surface area contributed by atoms with E-state index in [9.17, 15) is 9.90 Å². The molecule has 0 bridgehead atoms. The van der Waals surface area contributed by atoms with Crippen LogP contribution in [0.15, 0.2) is 6.07 Å². The Hall–Kier alpha value is -1.39. The van der Waals surface area contributed by atoms with Gasteiger partial charge in [0.2, 0.25) is 0 Å². The monoisotopic (exact) mass is 279 g/mol. The third-order valence-electron chi connectivity index (χ3n) is 4.09. The van der Waals surface area contributed by atoms with Crippen molar-refractivity contribution in [3.8, 4) is 0 Å². The highest BCUT2D eigenvalue weighted by Crippen LogP contribution is 2.30. The maximum absolute atomic E-state index is 11.4. The van der Waals surface area contributed by atoms with E-state index in [4.69, 9.17) is 0 Å². The fourth-order valence-electron chi connectivity index (χ4n) is 2.53. The van der Waals surface area contributed by atoms with Gasteiger partial charge in [-0.25, -0.2) is 0 Å². The van der Waals surface area contributed by atoms with Gasteiger partial charge in [0.1, 0.15) is 0 Å². The van der Waals surface area contributed by atoms with E-state index in [0.29, 0.717) is 0 Å². The molecular weight excluding hydrogens is 254 g/mol. The predicted molar refractivity (Wildman–Crippen MR) is 79.8 cm³/mol. The van der Waals surface area contributed by atoms with Gasteiger partial charge >= 0.3 is 5.97 Å². The largest absolute Gasteiger partial charge is 0.469 e. The third kappa shape index (κ3) is 3.38. The average Bonchev–Trinajstić information content (AvgIpc) is 2.42. The number of aryl methyl sites for hydroxylation is 2. The summed E-state index contributed by atoms with van der Waals surface area (Å²) < 4.78 is 4.69. The second-order valence-electron chi connectivity index (χ2n) is 5.29. The van der Waals surface area contributed by atoms with Crippen molar-refractivity contribution in [3.05, 3.63) is 33.9 Å². The third-order valence-corrected chi connectivity index (χ3v) is 4.09. The minimum absolute atomic E-state index is 0.139. The van der Waals surface area contributed by atoms with Crippen molar-refractivity contribution in [2.45, 2.75) is 46.3 Å². The standard InChI is InChI=1S/C16H25NO3/c1-9-7-10(2)12(4)15(11(9)3)16(19)13(17-5)8-14(18)20-6/h7,13,16-17,19H,8H2,1-6H3. The predicted octanol–water partition coefficient (Wildman–Crippen LogP) is 2.10. The van der Waals surface area contributed by atoms with Crippen molar-refractivity contribution in [3.63, 3.8) is 0 Å². The number of carbonyl (C=O) groups is 1. The number of aliphatic hydroxyl groups is 1. The molecule has 0 aromatic heterocycles. The molecular formula is C16H25NO3. The number of aliphatic hydroxyl groups excluding tert-OH is 1. The van der Waals surface area contributed by atoms with Crippen LogP contribution in [0.4, 0.5) is 0 Å². The van der Waals surface area contributed by atoms with Gasteiger partial charge in [0.15, 0.2) is 0 Å². The van der Waals surface area contributed by atoms with Gasteiger partial charge in [-0.2, -0.15) is 0 Å². The van der Waals surface area contributed by atoms with Crippen LogP contribution in [0.3, 0.4) is 0 Å². The maximum atomic E-state index is 11.4. The summed E-state index contributed by atoms with van der Waals surface area (Å²) in [6.45, 7) is 8.08. The van der Waals surface area contributed by atoms with Crippen molar-refractivity contribution >= 4 is 5.97 Å². The lowest BCUT2D eigenvalue weighted by Gasteiger charge is -2.26. The Morgan fingerprint density at radius 1 is 1.25 bits per heavy atom. The van der Waals surface area contributed by atoms with Crippen LogP contribution in [0, 0.1) is 27.7 Å². The average molecular weight is 279 g/mol. The lowest BCUT2D eigenvalue weighted by molar-refractivity contribution is -0.142. The second kappa shape index (κ2) is 6.86. The van der Waals surface area contributed by atoms with Crippen molar-refractivity contribution in [2.24, 2.45) is 0 Å². The van der Waals surface area contributed by atoms with Crippen molar-refractivity contribution in [2.75, 3.05) is 14.2 Å². The number of hydrogen-bond acceptors (Lipinski definition) is 4. The summed E-state index contributed by atoms with van der Waals surface area (Å²) in [5.41, 5.74) is 5.35. The van der Waals surface area contributed by atoms with Crippen LogP contribution in [0.5, 0.6) is 0 Å². The zero-order valence-electron chi connectivity index (χ0n) is 13.2. The van der Waals surface area contributed by atoms with Gasteiger partial charge in [0.25, 0.3) is 0 Å². The van der Waals surface area contributed by atoms with Gasteiger partial charge in [-0.15, -0.1) is 0 Å². The second-order valence-corrected chi connectivity index (χ2v) is 5.29. The number of likely N-dealkylation sites (N-methyl/N-ethyl adjacent to an activating group) is 1. The highest BCUT2D eigenvalue weighted by atomic mass is 16.5. The minimum atomic E-state index is -0.738. The summed E-state index contributed by atoms with van der Waals surface area (Å²) >= 11 is 0. The summed E-state index contributed by atoms with van der Waals surface area (Å²) in [6, 6.07) is 1.76. The van der Waals surface area contributed by atoms with E-state index in [1.807, 2.05) is 27.7 Å². The molecule has 4 heteroatoms. The number of rotatable bonds is 5. The number of nitrogens with one attached hydrogen (secondary N) is 1. The van der Waals surface area contributed by atoms with E-state index in [2.05, 4.69) is 16.1 Å². The lowest BCUT2D eigenvalue weighted by Crippen LogP contribution is -2.35. The van der Waals surface area contributed by atoms with Crippen molar-refractivity contribution < 1.29 is 14.6 Å². The molecule has 2 unspecified atom stereocenters. The van der Waals surface area contributed by atoms with Crippen LogP contribution in [-0.2, 0) is 9.53 Å². The molecule has 1 aromatic carbocycles. The first-order valence-corrected chi connectivity index (χ1v) is 6.82. The molecule has 0 aliphatic rings. The molecule has 112 valence electrons. The van der Waals surface area contributed by atoms with Crippen LogP contribution in [0.1, 0.15) is 40.3 Å². The Labute approximate surface area is 121 Å². The quantitative estimate of drug-likeness (QED) is 0.810. The first-order valence-electron chi connectivity index (χ1n) is 6.82. The molecule has 0 spiro atoms. The Morgan fingerprint density at radius 2 is 1.75 bits per heavy atom. The fraction of sp³-hybridized carbons (Fsp3) is 0.562. The Kier molecular flexibility index (Phi) is 5.72. The van der Waals surface area contributed by atoms with E-state index < -0.39 is 6.10 Å². The van der Waals surface area contributed by atoms with Crippen LogP contribution in [-0.4, -0.2) is 31.3 Å². The molecule has 0 aliphatic carbocycles. The van der Waals surface area contributed by atoms with Crippen LogP contribution >= 0.6 is 0 Å². The molecule has 1 rings (SSSR count). The summed E-state index contributed by atoms with van der Waals surface area (Å²) in [4.78, 5) is 11.4. The lowest BCUT2D eigenvalue weighted by atomic mass is 9.87. The number of esters is 1. The molecule has 2 N–H and O–H groups in total. The van der Waals surface area contributed by atoms with E-state index in [-0.39, 0.29) is 18.4 Å². The maximum Gasteiger partial charge on any atom is 0.307 e. The number of carbonyl (C=O) groups excluding carboxylic acids is 1. The summed E-state index contributed by atoms with van der Waals surface area (Å²) in [6.07, 6.45) is -0.599. The van der Waals surface area contributed by atoms with Gasteiger partial charge in [0, 0.05) is 6.04 Å². The molecule has 1 aromatic rings. The van der Waals surface area contributed by atoms with Crippen LogP contribution in [0.2, 0.25) is 0 Å². The number of hydrogen-bond donors (Lipinski definition) is 2. The zero-order valence-corrected chi connectivity index (χ0v) is 13.2. The van der Waals surface area contributed by atoms with Gasteiger partial charge in [-0.1, -0.05) is 6.07 Å². The van der Waals surface area contributed by atoms with Crippen molar-refractivity contribution in [1.29, 1.82) is 0 Å². The molecule has 0 radical (unpaired) electrons. The topological polar surface area (TPSA) is 58.6 Å². The Bertz CT molecular complexity index is 471. The fourth-order valence-corrected chi connectivity index (χ4v) is 2.53. The van der Waals surface area contributed by atoms with Crippen molar-refractivity contribution in [1.82, 2.24) is 5.32 Å². The van der Waals surface area contributed by atoms with E-state index in [1.54, 1.807) is 7.05 Å². The van der Waals surface area contributed by atoms with E-state index in [0.717, 1.165) is 27.8 Å². The summed E-state index contributed by atoms with van der Waals surface area (Å²) in [7, 11) is 3.10. The minimum Gasteiger partial charge on any atom is -0.469 e. The molecule has 0 heterocycles. The zero-order chi connectivity index (χ0) is 15.4. The molecule has 0 amide bonds.